The molecule has 1 aliphatic rings. The lowest BCUT2D eigenvalue weighted by molar-refractivity contribution is -0.121. The van der Waals surface area contributed by atoms with E-state index in [9.17, 15) is 9.59 Å². The first-order valence-corrected chi connectivity index (χ1v) is 9.71. The van der Waals surface area contributed by atoms with Crippen LogP contribution in [0.15, 0.2) is 54.6 Å². The van der Waals surface area contributed by atoms with E-state index in [4.69, 9.17) is 10.5 Å². The Kier molecular flexibility index (Phi) is 7.03. The molecule has 3 N–H and O–H groups in total. The fourth-order valence-electron chi connectivity index (χ4n) is 3.39. The van der Waals surface area contributed by atoms with Crippen molar-refractivity contribution < 1.29 is 14.3 Å². The van der Waals surface area contributed by atoms with E-state index in [-0.39, 0.29) is 17.9 Å². The second-order valence-electron chi connectivity index (χ2n) is 6.98. The average molecular weight is 381 g/mol. The third-order valence-corrected chi connectivity index (χ3v) is 4.77. The molecule has 0 unspecified atom stereocenters. The average Bonchev–Trinajstić information content (AvgIpc) is 2.73. The van der Waals surface area contributed by atoms with Gasteiger partial charge in [-0.3, -0.25) is 9.59 Å². The van der Waals surface area contributed by atoms with Crippen LogP contribution in [0.4, 0.5) is 0 Å². The molecule has 0 radical (unpaired) electrons. The number of benzene rings is 2. The highest BCUT2D eigenvalue weighted by Crippen LogP contribution is 2.15. The molecule has 0 spiro atoms. The van der Waals surface area contributed by atoms with Crippen LogP contribution in [0, 0.1) is 0 Å². The van der Waals surface area contributed by atoms with Crippen LogP contribution in [-0.2, 0) is 11.2 Å². The van der Waals surface area contributed by atoms with Crippen LogP contribution in [0.5, 0.6) is 5.75 Å². The molecule has 2 aromatic rings. The first kappa shape index (κ1) is 19.9. The quantitative estimate of drug-likeness (QED) is 0.768. The first-order chi connectivity index (χ1) is 13.7. The maximum Gasteiger partial charge on any atom is 0.253 e. The number of nitrogens with one attached hydrogen (secondary N) is 1. The number of nitrogens with two attached hydrogens (primary N) is 1. The van der Waals surface area contributed by atoms with Crippen molar-refractivity contribution in [2.75, 3.05) is 26.2 Å². The molecule has 2 aromatic carbocycles. The van der Waals surface area contributed by atoms with E-state index in [0.29, 0.717) is 31.7 Å². The fraction of sp³-hybridized carbons (Fsp3) is 0.364. The molecule has 28 heavy (non-hydrogen) atoms. The van der Waals surface area contributed by atoms with E-state index in [1.54, 1.807) is 0 Å². The molecule has 1 atom stereocenters. The van der Waals surface area contributed by atoms with Crippen molar-refractivity contribution in [1.29, 1.82) is 0 Å². The minimum Gasteiger partial charge on any atom is -0.492 e. The van der Waals surface area contributed by atoms with Gasteiger partial charge in [-0.1, -0.05) is 30.3 Å². The van der Waals surface area contributed by atoms with Crippen LogP contribution in [0.25, 0.3) is 0 Å². The Morgan fingerprint density at radius 1 is 1.11 bits per heavy atom. The zero-order chi connectivity index (χ0) is 19.8. The molecule has 0 aromatic heterocycles. The number of rotatable bonds is 7. The van der Waals surface area contributed by atoms with Gasteiger partial charge in [-0.15, -0.1) is 0 Å². The summed E-state index contributed by atoms with van der Waals surface area (Å²) in [5.74, 6) is 0.735. The lowest BCUT2D eigenvalue weighted by Crippen LogP contribution is -2.49. The van der Waals surface area contributed by atoms with Gasteiger partial charge in [0.1, 0.15) is 12.4 Å². The molecular weight excluding hydrogens is 354 g/mol. The van der Waals surface area contributed by atoms with Crippen LogP contribution in [-0.4, -0.2) is 49.0 Å². The number of piperidine rings is 1. The Balaban J connectivity index is 1.50. The van der Waals surface area contributed by atoms with Crippen molar-refractivity contribution in [2.24, 2.45) is 5.73 Å². The maximum atomic E-state index is 12.6. The highest BCUT2D eigenvalue weighted by Gasteiger charge is 2.25. The topological polar surface area (TPSA) is 84.7 Å². The van der Waals surface area contributed by atoms with Crippen LogP contribution >= 0.6 is 0 Å². The Hall–Kier alpha value is -2.86. The molecule has 0 saturated carbocycles. The molecule has 6 nitrogen and oxygen atoms in total. The highest BCUT2D eigenvalue weighted by atomic mass is 16.5. The van der Waals surface area contributed by atoms with E-state index in [1.165, 1.54) is 0 Å². The van der Waals surface area contributed by atoms with E-state index in [2.05, 4.69) is 5.32 Å². The van der Waals surface area contributed by atoms with Gasteiger partial charge < -0.3 is 20.7 Å². The Bertz CT molecular complexity index is 777. The summed E-state index contributed by atoms with van der Waals surface area (Å²) >= 11 is 0. The van der Waals surface area contributed by atoms with Crippen molar-refractivity contribution in [3.05, 3.63) is 65.7 Å². The number of likely N-dealkylation sites (tertiary alicyclic amines) is 1. The monoisotopic (exact) mass is 381 g/mol. The van der Waals surface area contributed by atoms with Crippen molar-refractivity contribution in [3.8, 4) is 5.75 Å². The summed E-state index contributed by atoms with van der Waals surface area (Å²) < 4.78 is 5.44. The van der Waals surface area contributed by atoms with Gasteiger partial charge in [-0.2, -0.15) is 0 Å². The van der Waals surface area contributed by atoms with Crippen molar-refractivity contribution >= 4 is 11.8 Å². The number of nitrogens with zero attached hydrogens (tertiary/aromatic N) is 1. The fourth-order valence-corrected chi connectivity index (χ4v) is 3.39. The van der Waals surface area contributed by atoms with Gasteiger partial charge in [0.25, 0.3) is 5.91 Å². The number of ether oxygens (including phenoxy) is 1. The van der Waals surface area contributed by atoms with Gasteiger partial charge in [0, 0.05) is 31.2 Å². The van der Waals surface area contributed by atoms with Gasteiger partial charge >= 0.3 is 0 Å². The Morgan fingerprint density at radius 3 is 2.57 bits per heavy atom. The maximum absolute atomic E-state index is 12.6. The van der Waals surface area contributed by atoms with Crippen LogP contribution in [0.3, 0.4) is 0 Å². The molecule has 0 aliphatic carbocycles. The van der Waals surface area contributed by atoms with E-state index < -0.39 is 0 Å². The SMILES string of the molecule is NCCOc1ccc(CC(=O)N[C@H]2CCCN(C(=O)c3ccccc3)C2)cc1. The molecule has 1 heterocycles. The van der Waals surface area contributed by atoms with Gasteiger partial charge in [0.05, 0.1) is 6.42 Å². The van der Waals surface area contributed by atoms with Gasteiger partial charge in [-0.05, 0) is 42.7 Å². The summed E-state index contributed by atoms with van der Waals surface area (Å²) in [7, 11) is 0. The smallest absolute Gasteiger partial charge is 0.253 e. The predicted octanol–water partition coefficient (Wildman–Crippen LogP) is 1.99. The first-order valence-electron chi connectivity index (χ1n) is 9.71. The summed E-state index contributed by atoms with van der Waals surface area (Å²) in [4.78, 5) is 26.9. The number of carbonyl (C=O) groups is 2. The second-order valence-corrected chi connectivity index (χ2v) is 6.98. The van der Waals surface area contributed by atoms with Gasteiger partial charge in [0.15, 0.2) is 0 Å². The molecule has 1 saturated heterocycles. The molecule has 1 fully saturated rings. The third kappa shape index (κ3) is 5.57. The number of hydrogen-bond acceptors (Lipinski definition) is 4. The Labute approximate surface area is 165 Å². The second kappa shape index (κ2) is 9.90. The number of amides is 2. The predicted molar refractivity (Wildman–Crippen MR) is 108 cm³/mol. The summed E-state index contributed by atoms with van der Waals surface area (Å²) in [5, 5.41) is 3.07. The summed E-state index contributed by atoms with van der Waals surface area (Å²) in [6, 6.07) is 16.7. The van der Waals surface area contributed by atoms with E-state index in [0.717, 1.165) is 30.7 Å². The van der Waals surface area contributed by atoms with Gasteiger partial charge in [0.2, 0.25) is 5.91 Å². The Morgan fingerprint density at radius 2 is 1.86 bits per heavy atom. The van der Waals surface area contributed by atoms with Crippen molar-refractivity contribution in [1.82, 2.24) is 10.2 Å². The molecule has 2 amide bonds. The summed E-state index contributed by atoms with van der Waals surface area (Å²) in [6.07, 6.45) is 2.08. The summed E-state index contributed by atoms with van der Waals surface area (Å²) in [6.45, 7) is 2.21. The molecule has 3 rings (SSSR count). The number of carbonyl (C=O) groups excluding carboxylic acids is 2. The lowest BCUT2D eigenvalue weighted by atomic mass is 10.0. The number of hydrogen-bond donors (Lipinski definition) is 2. The minimum atomic E-state index is -0.0327. The lowest BCUT2D eigenvalue weighted by Gasteiger charge is -2.33. The molecule has 148 valence electrons. The van der Waals surface area contributed by atoms with Crippen LogP contribution < -0.4 is 15.8 Å². The van der Waals surface area contributed by atoms with E-state index in [1.807, 2.05) is 59.5 Å². The third-order valence-electron chi connectivity index (χ3n) is 4.77. The molecular formula is C22H27N3O3. The van der Waals surface area contributed by atoms with Crippen LogP contribution in [0.2, 0.25) is 0 Å². The standard InChI is InChI=1S/C22H27N3O3/c23-12-14-28-20-10-8-17(9-11-20)15-21(26)24-19-7-4-13-25(16-19)22(27)18-5-2-1-3-6-18/h1-3,5-6,8-11,19H,4,7,12-16,23H2,(H,24,26)/t19-/m0/s1. The zero-order valence-corrected chi connectivity index (χ0v) is 16.0. The molecule has 6 heteroatoms. The largest absolute Gasteiger partial charge is 0.492 e. The van der Waals surface area contributed by atoms with Crippen molar-refractivity contribution in [2.45, 2.75) is 25.3 Å². The highest BCUT2D eigenvalue weighted by molar-refractivity contribution is 5.94. The molecule has 1 aliphatic heterocycles. The summed E-state index contributed by atoms with van der Waals surface area (Å²) in [5.41, 5.74) is 7.03. The molecule has 0 bridgehead atoms. The minimum absolute atomic E-state index is 0.0129. The zero-order valence-electron chi connectivity index (χ0n) is 16.0. The van der Waals surface area contributed by atoms with E-state index >= 15 is 0 Å². The normalized spacial score (nSPS) is 16.5. The van der Waals surface area contributed by atoms with Crippen LogP contribution in [0.1, 0.15) is 28.8 Å². The van der Waals surface area contributed by atoms with Gasteiger partial charge in [-0.25, -0.2) is 0 Å². The van der Waals surface area contributed by atoms with Crippen molar-refractivity contribution in [3.63, 3.8) is 0 Å².